The quantitative estimate of drug-likeness (QED) is 0.738. The zero-order valence-corrected chi connectivity index (χ0v) is 13.6. The second-order valence-electron chi connectivity index (χ2n) is 5.18. The van der Waals surface area contributed by atoms with E-state index in [2.05, 4.69) is 37.7 Å². The van der Waals surface area contributed by atoms with E-state index < -0.39 is 5.67 Å². The van der Waals surface area contributed by atoms with Crippen molar-refractivity contribution in [2.24, 2.45) is 0 Å². The standard InChI is InChI=1S/C13H16FIN4O/c1-18-7-4-13(14,5-8-18)12-17-16-11-10(20-2)9(15)3-6-19(11)12/h3,6H,4-5,7-8H2,1-2H3. The fourth-order valence-electron chi connectivity index (χ4n) is 2.60. The lowest BCUT2D eigenvalue weighted by molar-refractivity contribution is 0.0581. The van der Waals surface area contributed by atoms with Crippen LogP contribution in [0, 0.1) is 3.57 Å². The summed E-state index contributed by atoms with van der Waals surface area (Å²) in [6.45, 7) is 1.46. The van der Waals surface area contributed by atoms with Gasteiger partial charge in [-0.05, 0) is 35.7 Å². The van der Waals surface area contributed by atoms with Gasteiger partial charge in [-0.25, -0.2) is 4.39 Å². The Morgan fingerprint density at radius 3 is 2.70 bits per heavy atom. The maximum Gasteiger partial charge on any atom is 0.204 e. The van der Waals surface area contributed by atoms with Crippen LogP contribution in [0.2, 0.25) is 0 Å². The summed E-state index contributed by atoms with van der Waals surface area (Å²) >= 11 is 2.17. The molecule has 0 aromatic carbocycles. The summed E-state index contributed by atoms with van der Waals surface area (Å²) in [4.78, 5) is 2.13. The average molecular weight is 390 g/mol. The van der Waals surface area contributed by atoms with E-state index in [1.165, 1.54) is 0 Å². The SMILES string of the molecule is COc1c(I)ccn2c(C3(F)CCN(C)CC3)nnc12. The van der Waals surface area contributed by atoms with E-state index in [1.807, 2.05) is 19.3 Å². The van der Waals surface area contributed by atoms with Gasteiger partial charge >= 0.3 is 0 Å². The Hall–Kier alpha value is -0.960. The van der Waals surface area contributed by atoms with Crippen molar-refractivity contribution in [3.8, 4) is 5.75 Å². The molecule has 0 saturated carbocycles. The molecule has 2 aromatic heterocycles. The largest absolute Gasteiger partial charge is 0.492 e. The van der Waals surface area contributed by atoms with Crippen molar-refractivity contribution in [3.05, 3.63) is 21.7 Å². The number of piperidine rings is 1. The maximum absolute atomic E-state index is 15.2. The molecule has 20 heavy (non-hydrogen) atoms. The van der Waals surface area contributed by atoms with Gasteiger partial charge in [-0.1, -0.05) is 0 Å². The molecule has 108 valence electrons. The molecular formula is C13H16FIN4O. The Morgan fingerprint density at radius 1 is 1.35 bits per heavy atom. The van der Waals surface area contributed by atoms with Crippen molar-refractivity contribution in [2.75, 3.05) is 27.2 Å². The van der Waals surface area contributed by atoms with Gasteiger partial charge in [0.2, 0.25) is 5.65 Å². The van der Waals surface area contributed by atoms with Gasteiger partial charge in [0.25, 0.3) is 0 Å². The Kier molecular flexibility index (Phi) is 3.57. The molecule has 0 atom stereocenters. The Balaban J connectivity index is 2.09. The summed E-state index contributed by atoms with van der Waals surface area (Å²) in [5.74, 6) is 1.03. The third kappa shape index (κ3) is 2.16. The molecule has 0 bridgehead atoms. The summed E-state index contributed by atoms with van der Waals surface area (Å²) in [5.41, 5.74) is -0.839. The number of likely N-dealkylation sites (tertiary alicyclic amines) is 1. The van der Waals surface area contributed by atoms with Crippen LogP contribution in [0.5, 0.6) is 5.75 Å². The number of ether oxygens (including phenoxy) is 1. The minimum Gasteiger partial charge on any atom is -0.492 e. The number of aromatic nitrogens is 3. The average Bonchev–Trinajstić information content (AvgIpc) is 2.87. The highest BCUT2D eigenvalue weighted by Crippen LogP contribution is 2.37. The summed E-state index contributed by atoms with van der Waals surface area (Å²) in [6.07, 6.45) is 2.70. The predicted octanol–water partition coefficient (Wildman–Crippen LogP) is 2.23. The fourth-order valence-corrected chi connectivity index (χ4v) is 3.22. The minimum atomic E-state index is -1.41. The molecule has 1 aliphatic rings. The topological polar surface area (TPSA) is 42.7 Å². The van der Waals surface area contributed by atoms with E-state index in [-0.39, 0.29) is 0 Å². The number of hydrogen-bond donors (Lipinski definition) is 0. The number of hydrogen-bond acceptors (Lipinski definition) is 4. The first kappa shape index (κ1) is 14.0. The van der Waals surface area contributed by atoms with Crippen LogP contribution in [0.25, 0.3) is 5.65 Å². The van der Waals surface area contributed by atoms with E-state index in [0.717, 1.165) is 16.7 Å². The van der Waals surface area contributed by atoms with Crippen molar-refractivity contribution in [1.29, 1.82) is 0 Å². The van der Waals surface area contributed by atoms with Gasteiger partial charge in [0.1, 0.15) is 0 Å². The first-order chi connectivity index (χ1) is 9.55. The number of halogens is 2. The van der Waals surface area contributed by atoms with Gasteiger partial charge in [-0.3, -0.25) is 4.40 Å². The molecule has 3 heterocycles. The smallest absolute Gasteiger partial charge is 0.204 e. The van der Waals surface area contributed by atoms with Crippen molar-refractivity contribution in [1.82, 2.24) is 19.5 Å². The molecule has 5 nitrogen and oxygen atoms in total. The second-order valence-corrected chi connectivity index (χ2v) is 6.34. The van der Waals surface area contributed by atoms with E-state index >= 15 is 4.39 Å². The van der Waals surface area contributed by atoms with Crippen molar-refractivity contribution >= 4 is 28.2 Å². The highest BCUT2D eigenvalue weighted by molar-refractivity contribution is 14.1. The van der Waals surface area contributed by atoms with Gasteiger partial charge in [-0.15, -0.1) is 10.2 Å². The van der Waals surface area contributed by atoms with E-state index in [4.69, 9.17) is 4.74 Å². The van der Waals surface area contributed by atoms with Gasteiger partial charge in [-0.2, -0.15) is 0 Å². The van der Waals surface area contributed by atoms with Gasteiger partial charge in [0, 0.05) is 32.1 Å². The number of fused-ring (bicyclic) bond motifs is 1. The molecule has 0 amide bonds. The minimum absolute atomic E-state index is 0.385. The molecule has 0 aliphatic carbocycles. The number of nitrogens with zero attached hydrogens (tertiary/aromatic N) is 4. The zero-order valence-electron chi connectivity index (χ0n) is 11.4. The van der Waals surface area contributed by atoms with E-state index in [1.54, 1.807) is 11.5 Å². The van der Waals surface area contributed by atoms with E-state index in [0.29, 0.717) is 30.1 Å². The Bertz CT molecular complexity index is 637. The van der Waals surface area contributed by atoms with Crippen LogP contribution < -0.4 is 4.74 Å². The third-order valence-electron chi connectivity index (χ3n) is 3.87. The Morgan fingerprint density at radius 2 is 2.05 bits per heavy atom. The van der Waals surface area contributed by atoms with Crippen LogP contribution in [-0.4, -0.2) is 46.7 Å². The van der Waals surface area contributed by atoms with Crippen LogP contribution in [0.3, 0.4) is 0 Å². The highest BCUT2D eigenvalue weighted by Gasteiger charge is 2.40. The molecule has 0 radical (unpaired) electrons. The van der Waals surface area contributed by atoms with Gasteiger partial charge in [0.15, 0.2) is 17.2 Å². The molecule has 2 aromatic rings. The first-order valence-corrected chi connectivity index (χ1v) is 7.58. The number of methoxy groups -OCH3 is 1. The monoisotopic (exact) mass is 390 g/mol. The highest BCUT2D eigenvalue weighted by atomic mass is 127. The van der Waals surface area contributed by atoms with Crippen molar-refractivity contribution < 1.29 is 9.13 Å². The number of rotatable bonds is 2. The molecule has 1 fully saturated rings. The molecule has 1 saturated heterocycles. The molecular weight excluding hydrogens is 374 g/mol. The lowest BCUT2D eigenvalue weighted by atomic mass is 9.93. The van der Waals surface area contributed by atoms with Crippen LogP contribution >= 0.6 is 22.6 Å². The summed E-state index contributed by atoms with van der Waals surface area (Å²) in [5, 5.41) is 8.22. The van der Waals surface area contributed by atoms with Gasteiger partial charge in [0.05, 0.1) is 10.7 Å². The van der Waals surface area contributed by atoms with Gasteiger partial charge < -0.3 is 9.64 Å². The number of pyridine rings is 1. The second kappa shape index (κ2) is 5.10. The maximum atomic E-state index is 15.2. The van der Waals surface area contributed by atoms with Crippen LogP contribution in [0.4, 0.5) is 4.39 Å². The first-order valence-electron chi connectivity index (χ1n) is 6.50. The van der Waals surface area contributed by atoms with Crippen molar-refractivity contribution in [3.63, 3.8) is 0 Å². The summed E-state index contributed by atoms with van der Waals surface area (Å²) in [7, 11) is 3.60. The van der Waals surface area contributed by atoms with Crippen LogP contribution in [0.15, 0.2) is 12.3 Å². The predicted molar refractivity (Wildman–Crippen MR) is 81.8 cm³/mol. The molecule has 0 unspecified atom stereocenters. The number of alkyl halides is 1. The molecule has 1 aliphatic heterocycles. The lowest BCUT2D eigenvalue weighted by Gasteiger charge is -2.33. The third-order valence-corrected chi connectivity index (χ3v) is 4.72. The van der Waals surface area contributed by atoms with E-state index in [9.17, 15) is 0 Å². The zero-order chi connectivity index (χ0) is 14.3. The Labute approximate surface area is 130 Å². The molecule has 3 rings (SSSR count). The summed E-state index contributed by atoms with van der Waals surface area (Å²) < 4.78 is 23.2. The summed E-state index contributed by atoms with van der Waals surface area (Å²) in [6, 6.07) is 1.89. The molecule has 0 N–H and O–H groups in total. The normalized spacial score (nSPS) is 19.4. The molecule has 0 spiro atoms. The van der Waals surface area contributed by atoms with Crippen molar-refractivity contribution in [2.45, 2.75) is 18.5 Å². The fraction of sp³-hybridized carbons (Fsp3) is 0.538. The molecule has 7 heteroatoms. The lowest BCUT2D eigenvalue weighted by Crippen LogP contribution is -2.39. The van der Waals surface area contributed by atoms with Crippen LogP contribution in [-0.2, 0) is 5.67 Å². The van der Waals surface area contributed by atoms with Crippen LogP contribution in [0.1, 0.15) is 18.7 Å².